The van der Waals surface area contributed by atoms with E-state index in [1.54, 1.807) is 25.1 Å². The molecular weight excluding hydrogens is 429 g/mol. The van der Waals surface area contributed by atoms with Crippen molar-refractivity contribution in [2.45, 2.75) is 6.92 Å². The van der Waals surface area contributed by atoms with E-state index >= 15 is 0 Å². The highest BCUT2D eigenvalue weighted by Gasteiger charge is 2.16. The quantitative estimate of drug-likeness (QED) is 0.413. The predicted molar refractivity (Wildman–Crippen MR) is 102 cm³/mol. The molecule has 0 aliphatic rings. The van der Waals surface area contributed by atoms with Crippen molar-refractivity contribution in [1.82, 2.24) is 5.32 Å². The Morgan fingerprint density at radius 1 is 1.35 bits per heavy atom. The maximum atomic E-state index is 13.8. The Labute approximate surface area is 161 Å². The Kier molecular flexibility index (Phi) is 6.58. The summed E-state index contributed by atoms with van der Waals surface area (Å²) in [6.45, 7) is 2.14. The summed E-state index contributed by atoms with van der Waals surface area (Å²) in [5, 5.41) is 15.4. The summed E-state index contributed by atoms with van der Waals surface area (Å²) in [6.07, 6.45) is 0. The fourth-order valence-corrected chi connectivity index (χ4v) is 2.57. The van der Waals surface area contributed by atoms with Crippen molar-refractivity contribution < 1.29 is 18.8 Å². The number of non-ortho nitro benzene ring substituents is 1. The topological polar surface area (TPSA) is 93.5 Å². The molecule has 10 heteroatoms. The van der Waals surface area contributed by atoms with E-state index in [1.165, 1.54) is 0 Å². The molecule has 2 aromatic rings. The van der Waals surface area contributed by atoms with Gasteiger partial charge in [0.15, 0.2) is 5.11 Å². The lowest BCUT2D eigenvalue weighted by Crippen LogP contribution is -2.34. The molecule has 0 spiro atoms. The second kappa shape index (κ2) is 8.68. The molecule has 0 radical (unpaired) electrons. The normalized spacial score (nSPS) is 10.1. The third-order valence-corrected chi connectivity index (χ3v) is 3.82. The van der Waals surface area contributed by atoms with Gasteiger partial charge in [0, 0.05) is 16.6 Å². The summed E-state index contributed by atoms with van der Waals surface area (Å²) in [5.41, 5.74) is -0.303. The molecule has 0 unspecified atom stereocenters. The van der Waals surface area contributed by atoms with Crippen LogP contribution in [0.1, 0.15) is 17.3 Å². The fourth-order valence-electron chi connectivity index (χ4n) is 2.01. The third-order valence-electron chi connectivity index (χ3n) is 3.12. The van der Waals surface area contributed by atoms with Gasteiger partial charge in [-0.3, -0.25) is 20.2 Å². The van der Waals surface area contributed by atoms with Crippen LogP contribution in [0.15, 0.2) is 40.9 Å². The zero-order valence-corrected chi connectivity index (χ0v) is 15.8. The molecule has 0 aliphatic heterocycles. The Hall–Kier alpha value is -2.59. The first kappa shape index (κ1) is 19.7. The maximum Gasteiger partial charge on any atom is 0.271 e. The van der Waals surface area contributed by atoms with Gasteiger partial charge in [-0.1, -0.05) is 15.9 Å². The maximum absolute atomic E-state index is 13.8. The van der Waals surface area contributed by atoms with Gasteiger partial charge in [0.2, 0.25) is 0 Å². The second-order valence-electron chi connectivity index (χ2n) is 4.90. The van der Waals surface area contributed by atoms with Crippen molar-refractivity contribution in [1.29, 1.82) is 0 Å². The summed E-state index contributed by atoms with van der Waals surface area (Å²) in [6, 6.07) is 7.84. The van der Waals surface area contributed by atoms with E-state index in [0.29, 0.717) is 16.8 Å². The molecule has 0 aromatic heterocycles. The molecule has 0 atom stereocenters. The third kappa shape index (κ3) is 4.96. The molecule has 0 saturated carbocycles. The molecular formula is C16H13BrFN3O4S. The number of nitro groups is 1. The number of benzene rings is 2. The molecule has 0 heterocycles. The number of anilines is 1. The van der Waals surface area contributed by atoms with Crippen LogP contribution in [-0.4, -0.2) is 22.5 Å². The number of nitrogens with one attached hydrogen (secondary N) is 2. The summed E-state index contributed by atoms with van der Waals surface area (Å²) in [5.74, 6) is -0.958. The first-order valence-corrected chi connectivity index (χ1v) is 8.50. The molecule has 2 N–H and O–H groups in total. The number of thiocarbonyl (C=S) groups is 1. The van der Waals surface area contributed by atoms with Gasteiger partial charge >= 0.3 is 0 Å². The number of carbonyl (C=O) groups is 1. The van der Waals surface area contributed by atoms with E-state index < -0.39 is 16.6 Å². The summed E-state index contributed by atoms with van der Waals surface area (Å²) >= 11 is 8.26. The van der Waals surface area contributed by atoms with E-state index in [1.807, 2.05) is 0 Å². The predicted octanol–water partition coefficient (Wildman–Crippen LogP) is 4.02. The van der Waals surface area contributed by atoms with Crippen LogP contribution in [-0.2, 0) is 0 Å². The van der Waals surface area contributed by atoms with Crippen LogP contribution in [0.5, 0.6) is 5.75 Å². The van der Waals surface area contributed by atoms with Crippen molar-refractivity contribution >= 4 is 50.5 Å². The van der Waals surface area contributed by atoms with Crippen LogP contribution in [0.25, 0.3) is 0 Å². The van der Waals surface area contributed by atoms with Gasteiger partial charge in [0.25, 0.3) is 11.6 Å². The molecule has 0 fully saturated rings. The highest BCUT2D eigenvalue weighted by molar-refractivity contribution is 9.10. The number of ether oxygens (including phenoxy) is 1. The van der Waals surface area contributed by atoms with E-state index in [-0.39, 0.29) is 22.1 Å². The van der Waals surface area contributed by atoms with Crippen molar-refractivity contribution in [2.24, 2.45) is 0 Å². The Bertz CT molecular complexity index is 879. The lowest BCUT2D eigenvalue weighted by atomic mass is 10.2. The smallest absolute Gasteiger partial charge is 0.271 e. The number of nitro benzene ring substituents is 1. The van der Waals surface area contributed by atoms with Crippen molar-refractivity contribution in [3.63, 3.8) is 0 Å². The highest BCUT2D eigenvalue weighted by Crippen LogP contribution is 2.24. The number of nitrogens with zero attached hydrogens (tertiary/aromatic N) is 1. The van der Waals surface area contributed by atoms with Crippen LogP contribution < -0.4 is 15.4 Å². The highest BCUT2D eigenvalue weighted by atomic mass is 79.9. The molecule has 2 aromatic carbocycles. The van der Waals surface area contributed by atoms with Gasteiger partial charge in [0.1, 0.15) is 11.6 Å². The largest absolute Gasteiger partial charge is 0.493 e. The van der Waals surface area contributed by atoms with Crippen molar-refractivity contribution in [2.75, 3.05) is 11.9 Å². The summed E-state index contributed by atoms with van der Waals surface area (Å²) in [7, 11) is 0. The lowest BCUT2D eigenvalue weighted by molar-refractivity contribution is -0.384. The average molecular weight is 442 g/mol. The van der Waals surface area contributed by atoms with E-state index in [9.17, 15) is 19.3 Å². The molecule has 0 aliphatic carbocycles. The minimum Gasteiger partial charge on any atom is -0.493 e. The first-order valence-electron chi connectivity index (χ1n) is 7.30. The van der Waals surface area contributed by atoms with Crippen molar-refractivity contribution in [3.8, 4) is 5.75 Å². The van der Waals surface area contributed by atoms with Gasteiger partial charge in [0.05, 0.1) is 22.8 Å². The molecule has 1 amide bonds. The Morgan fingerprint density at radius 2 is 2.08 bits per heavy atom. The van der Waals surface area contributed by atoms with Gasteiger partial charge in [-0.05, 0) is 43.4 Å². The lowest BCUT2D eigenvalue weighted by Gasteiger charge is -2.13. The SMILES string of the molecule is CCOc1ccc(Br)cc1C(=O)NC(=S)Nc1cc([N+](=O)[O-])ccc1F. The number of halogens is 2. The van der Waals surface area contributed by atoms with Crippen LogP contribution >= 0.6 is 28.1 Å². The van der Waals surface area contributed by atoms with Gasteiger partial charge < -0.3 is 10.1 Å². The van der Waals surface area contributed by atoms with Crippen LogP contribution in [0.3, 0.4) is 0 Å². The number of amides is 1. The summed E-state index contributed by atoms with van der Waals surface area (Å²) in [4.78, 5) is 22.5. The molecule has 2 rings (SSSR count). The zero-order chi connectivity index (χ0) is 19.3. The van der Waals surface area contributed by atoms with Crippen LogP contribution in [0.4, 0.5) is 15.8 Å². The molecule has 26 heavy (non-hydrogen) atoms. The Morgan fingerprint density at radius 3 is 2.73 bits per heavy atom. The van der Waals surface area contributed by atoms with Crippen LogP contribution in [0, 0.1) is 15.9 Å². The van der Waals surface area contributed by atoms with Gasteiger partial charge in [-0.15, -0.1) is 0 Å². The molecule has 7 nitrogen and oxygen atoms in total. The fraction of sp³-hybridized carbons (Fsp3) is 0.125. The Balaban J connectivity index is 2.16. The number of hydrogen-bond acceptors (Lipinski definition) is 5. The zero-order valence-electron chi connectivity index (χ0n) is 13.4. The second-order valence-corrected chi connectivity index (χ2v) is 6.23. The standard InChI is InChI=1S/C16H13BrFN3O4S/c1-2-25-14-6-3-9(17)7-11(14)15(22)20-16(26)19-13-8-10(21(23)24)4-5-12(13)18/h3-8H,2H2,1H3,(H2,19,20,22,26). The number of rotatable bonds is 5. The monoisotopic (exact) mass is 441 g/mol. The minimum atomic E-state index is -0.746. The first-order chi connectivity index (χ1) is 12.3. The number of carbonyl (C=O) groups excluding carboxylic acids is 1. The van der Waals surface area contributed by atoms with Crippen LogP contribution in [0.2, 0.25) is 0 Å². The van der Waals surface area contributed by atoms with E-state index in [0.717, 1.165) is 18.2 Å². The number of hydrogen-bond donors (Lipinski definition) is 2. The van der Waals surface area contributed by atoms with Gasteiger partial charge in [-0.2, -0.15) is 0 Å². The minimum absolute atomic E-state index is 0.211. The molecule has 0 saturated heterocycles. The van der Waals surface area contributed by atoms with Crippen molar-refractivity contribution in [3.05, 3.63) is 62.4 Å². The average Bonchev–Trinajstić information content (AvgIpc) is 2.58. The molecule has 136 valence electrons. The summed E-state index contributed by atoms with van der Waals surface area (Å²) < 4.78 is 19.8. The van der Waals surface area contributed by atoms with Gasteiger partial charge in [-0.25, -0.2) is 4.39 Å². The van der Waals surface area contributed by atoms with E-state index in [4.69, 9.17) is 17.0 Å². The molecule has 0 bridgehead atoms. The van der Waals surface area contributed by atoms with E-state index in [2.05, 4.69) is 26.6 Å².